The lowest BCUT2D eigenvalue weighted by Gasteiger charge is -2.36. The van der Waals surface area contributed by atoms with Crippen molar-refractivity contribution in [2.75, 3.05) is 25.9 Å². The van der Waals surface area contributed by atoms with Crippen molar-refractivity contribution in [2.45, 2.75) is 31.9 Å². The number of primary amides is 1. The van der Waals surface area contributed by atoms with Crippen LogP contribution in [0, 0.1) is 12.7 Å². The summed E-state index contributed by atoms with van der Waals surface area (Å²) in [5.74, 6) is -5.09. The number of halogens is 3. The van der Waals surface area contributed by atoms with Gasteiger partial charge in [-0.3, -0.25) is 9.59 Å². The molecule has 1 fully saturated rings. The van der Waals surface area contributed by atoms with Crippen molar-refractivity contribution in [1.82, 2.24) is 20.0 Å². The molecule has 1 atom stereocenters. The second-order valence-corrected chi connectivity index (χ2v) is 9.06. The third kappa shape index (κ3) is 4.92. The third-order valence-electron chi connectivity index (χ3n) is 6.37. The summed E-state index contributed by atoms with van der Waals surface area (Å²) in [6.07, 6.45) is 0.108. The lowest BCUT2D eigenvalue weighted by atomic mass is 10.0. The zero-order valence-electron chi connectivity index (χ0n) is 19.9. The van der Waals surface area contributed by atoms with Crippen molar-refractivity contribution < 1.29 is 22.8 Å². The van der Waals surface area contributed by atoms with Gasteiger partial charge >= 0.3 is 0 Å². The summed E-state index contributed by atoms with van der Waals surface area (Å²) in [5, 5.41) is 7.03. The highest BCUT2D eigenvalue weighted by atomic mass is 19.3. The topological polar surface area (TPSA) is 119 Å². The molecule has 2 aromatic carbocycles. The second-order valence-electron chi connectivity index (χ2n) is 9.06. The normalized spacial score (nSPS) is 17.6. The van der Waals surface area contributed by atoms with Crippen LogP contribution >= 0.6 is 0 Å². The van der Waals surface area contributed by atoms with E-state index in [9.17, 15) is 22.8 Å². The molecule has 0 bridgehead atoms. The number of likely N-dealkylation sites (tertiary alicyclic amines) is 1. The maximum atomic E-state index is 14.8. The number of anilines is 1. The fraction of sp³-hybridized carbons (Fsp3) is 0.320. The Hall–Kier alpha value is -3.86. The average molecular weight is 501 g/mol. The molecule has 0 aliphatic carbocycles. The average Bonchev–Trinajstić information content (AvgIpc) is 3.15. The summed E-state index contributed by atoms with van der Waals surface area (Å²) in [6.45, 7) is 1.85. The number of carbonyl (C=O) groups excluding carboxylic acids is 2. The molecular formula is C25H27F3N6O2. The van der Waals surface area contributed by atoms with Gasteiger partial charge in [-0.1, -0.05) is 30.3 Å². The minimum absolute atomic E-state index is 0.108. The Morgan fingerprint density at radius 1 is 1.19 bits per heavy atom. The fourth-order valence-corrected chi connectivity index (χ4v) is 4.43. The first-order valence-corrected chi connectivity index (χ1v) is 11.4. The number of nitrogens with two attached hydrogens (primary N) is 2. The van der Waals surface area contributed by atoms with Gasteiger partial charge in [0, 0.05) is 24.2 Å². The Morgan fingerprint density at radius 3 is 2.53 bits per heavy atom. The fourth-order valence-electron chi connectivity index (χ4n) is 4.43. The molecular weight excluding hydrogens is 473 g/mol. The van der Waals surface area contributed by atoms with Gasteiger partial charge in [0.25, 0.3) is 17.7 Å². The van der Waals surface area contributed by atoms with Gasteiger partial charge in [-0.25, -0.2) is 17.9 Å². The van der Waals surface area contributed by atoms with Gasteiger partial charge in [-0.2, -0.15) is 5.10 Å². The standard InChI is InChI=1S/C25H27F3N6O2/c1-14-3-8-17(26)11-18(14)24(36)31-12-15-4-6-16(7-5-15)21-20(23(30)35)22(29)34(32-21)19-9-10-33(2)13-25(19,27)28/h3-8,11,19H,9-10,12-13,29H2,1-2H3,(H2,30,35)(H,31,36). The summed E-state index contributed by atoms with van der Waals surface area (Å²) in [4.78, 5) is 26.1. The number of carbonyl (C=O) groups is 2. The number of aryl methyl sites for hydroxylation is 1. The van der Waals surface area contributed by atoms with Crippen LogP contribution in [0.4, 0.5) is 19.0 Å². The van der Waals surface area contributed by atoms with E-state index in [2.05, 4.69) is 10.4 Å². The number of rotatable bonds is 6. The highest BCUT2D eigenvalue weighted by molar-refractivity contribution is 6.03. The van der Waals surface area contributed by atoms with Gasteiger partial charge in [0.1, 0.15) is 28.9 Å². The molecule has 3 aromatic rings. The van der Waals surface area contributed by atoms with E-state index >= 15 is 0 Å². The van der Waals surface area contributed by atoms with Gasteiger partial charge in [0.05, 0.1) is 6.54 Å². The number of nitrogens with one attached hydrogen (secondary N) is 1. The van der Waals surface area contributed by atoms with Crippen LogP contribution in [0.25, 0.3) is 11.3 Å². The van der Waals surface area contributed by atoms with Crippen molar-refractivity contribution in [3.8, 4) is 11.3 Å². The molecule has 1 saturated heterocycles. The highest BCUT2D eigenvalue weighted by Gasteiger charge is 2.46. The molecule has 1 aliphatic heterocycles. The number of amides is 2. The maximum absolute atomic E-state index is 14.8. The third-order valence-corrected chi connectivity index (χ3v) is 6.37. The Bertz CT molecular complexity index is 1310. The number of aromatic nitrogens is 2. The van der Waals surface area contributed by atoms with Gasteiger partial charge in [0.2, 0.25) is 0 Å². The second kappa shape index (κ2) is 9.65. The number of piperidine rings is 1. The molecule has 0 saturated carbocycles. The molecule has 0 radical (unpaired) electrons. The Kier molecular flexibility index (Phi) is 6.77. The predicted octanol–water partition coefficient (Wildman–Crippen LogP) is 3.12. The van der Waals surface area contributed by atoms with Crippen molar-refractivity contribution in [2.24, 2.45) is 5.73 Å². The summed E-state index contributed by atoms with van der Waals surface area (Å²) in [7, 11) is 1.61. The maximum Gasteiger partial charge on any atom is 0.282 e. The number of benzene rings is 2. The van der Waals surface area contributed by atoms with E-state index in [0.29, 0.717) is 17.7 Å². The van der Waals surface area contributed by atoms with Crippen molar-refractivity contribution in [3.05, 3.63) is 70.5 Å². The lowest BCUT2D eigenvalue weighted by molar-refractivity contribution is -0.101. The smallest absolute Gasteiger partial charge is 0.282 e. The van der Waals surface area contributed by atoms with Crippen LogP contribution in [0.15, 0.2) is 42.5 Å². The van der Waals surface area contributed by atoms with Crippen LogP contribution in [0.2, 0.25) is 0 Å². The number of nitrogens with zero attached hydrogens (tertiary/aromatic N) is 3. The molecule has 1 aliphatic rings. The van der Waals surface area contributed by atoms with Crippen molar-refractivity contribution in [1.29, 1.82) is 0 Å². The Balaban J connectivity index is 1.56. The van der Waals surface area contributed by atoms with Crippen LogP contribution in [0.1, 0.15) is 44.3 Å². The van der Waals surface area contributed by atoms with Crippen LogP contribution in [-0.2, 0) is 6.54 Å². The number of nitrogen functional groups attached to an aromatic ring is 1. The zero-order valence-corrected chi connectivity index (χ0v) is 19.9. The molecule has 190 valence electrons. The molecule has 2 amide bonds. The van der Waals surface area contributed by atoms with Crippen LogP contribution in [0.3, 0.4) is 0 Å². The van der Waals surface area contributed by atoms with Crippen molar-refractivity contribution in [3.63, 3.8) is 0 Å². The van der Waals surface area contributed by atoms with Gasteiger partial charge in [-0.05, 0) is 43.7 Å². The monoisotopic (exact) mass is 500 g/mol. The molecule has 1 unspecified atom stereocenters. The summed E-state index contributed by atoms with van der Waals surface area (Å²) in [5.41, 5.74) is 13.7. The summed E-state index contributed by atoms with van der Waals surface area (Å²) in [6, 6.07) is 9.35. The number of hydrogen-bond acceptors (Lipinski definition) is 5. The van der Waals surface area contributed by atoms with E-state index in [0.717, 1.165) is 10.2 Å². The SMILES string of the molecule is Cc1ccc(F)cc1C(=O)NCc1ccc(-c2nn(C3CCN(C)CC3(F)F)c(N)c2C(N)=O)cc1. The summed E-state index contributed by atoms with van der Waals surface area (Å²) < 4.78 is 44.1. The highest BCUT2D eigenvalue weighted by Crippen LogP contribution is 2.39. The first-order valence-electron chi connectivity index (χ1n) is 11.4. The molecule has 11 heteroatoms. The van der Waals surface area contributed by atoms with Gasteiger partial charge in [-0.15, -0.1) is 0 Å². The van der Waals surface area contributed by atoms with E-state index in [-0.39, 0.29) is 35.6 Å². The van der Waals surface area contributed by atoms with E-state index in [4.69, 9.17) is 11.5 Å². The lowest BCUT2D eigenvalue weighted by Crippen LogP contribution is -2.48. The minimum atomic E-state index is -3.10. The van der Waals surface area contributed by atoms with Gasteiger partial charge in [0.15, 0.2) is 0 Å². The van der Waals surface area contributed by atoms with E-state index in [1.54, 1.807) is 38.2 Å². The molecule has 36 heavy (non-hydrogen) atoms. The van der Waals surface area contributed by atoms with Gasteiger partial charge < -0.3 is 21.7 Å². The van der Waals surface area contributed by atoms with Crippen molar-refractivity contribution >= 4 is 17.6 Å². The molecule has 2 heterocycles. The van der Waals surface area contributed by atoms with E-state index in [1.807, 2.05) is 0 Å². The molecule has 0 spiro atoms. The first-order chi connectivity index (χ1) is 17.0. The Labute approximate surface area is 206 Å². The first kappa shape index (κ1) is 25.2. The largest absolute Gasteiger partial charge is 0.383 e. The molecule has 4 rings (SSSR count). The van der Waals surface area contributed by atoms with Crippen LogP contribution in [0.5, 0.6) is 0 Å². The quantitative estimate of drug-likeness (QED) is 0.481. The van der Waals surface area contributed by atoms with Crippen LogP contribution < -0.4 is 16.8 Å². The van der Waals surface area contributed by atoms with Crippen LogP contribution in [-0.4, -0.2) is 52.6 Å². The number of hydrogen-bond donors (Lipinski definition) is 3. The van der Waals surface area contributed by atoms with E-state index in [1.165, 1.54) is 23.1 Å². The van der Waals surface area contributed by atoms with E-state index < -0.39 is 36.1 Å². The molecule has 1 aromatic heterocycles. The minimum Gasteiger partial charge on any atom is -0.383 e. The molecule has 5 N–H and O–H groups in total. The summed E-state index contributed by atoms with van der Waals surface area (Å²) >= 11 is 0. The Morgan fingerprint density at radius 2 is 1.89 bits per heavy atom. The molecule has 8 nitrogen and oxygen atoms in total. The number of alkyl halides is 2. The zero-order chi connectivity index (χ0) is 26.2. The predicted molar refractivity (Wildman–Crippen MR) is 129 cm³/mol.